The first-order chi connectivity index (χ1) is 10.0. The molecular formula is C13H15N5O2S. The Morgan fingerprint density at radius 2 is 2.10 bits per heavy atom. The summed E-state index contributed by atoms with van der Waals surface area (Å²) >= 11 is -2.03. The van der Waals surface area contributed by atoms with Crippen molar-refractivity contribution in [3.63, 3.8) is 0 Å². The molecule has 110 valence electrons. The Bertz CT molecular complexity index is 761. The number of H-pyrrole nitrogens is 1. The number of aromatic amines is 1. The fourth-order valence-corrected chi connectivity index (χ4v) is 2.59. The number of aromatic nitrogens is 4. The van der Waals surface area contributed by atoms with Gasteiger partial charge in [-0.05, 0) is 19.4 Å². The van der Waals surface area contributed by atoms with Gasteiger partial charge in [0.05, 0.1) is 0 Å². The van der Waals surface area contributed by atoms with E-state index in [-0.39, 0.29) is 6.04 Å². The molecule has 2 heterocycles. The van der Waals surface area contributed by atoms with Crippen molar-refractivity contribution in [1.82, 2.24) is 24.5 Å². The normalized spacial score (nSPS) is 14.4. The summed E-state index contributed by atoms with van der Waals surface area (Å²) in [6.45, 7) is 3.77. The second-order valence-electron chi connectivity index (χ2n) is 4.86. The molecule has 1 aromatic carbocycles. The zero-order valence-electron chi connectivity index (χ0n) is 11.6. The lowest BCUT2D eigenvalue weighted by atomic mass is 10.1. The topological polar surface area (TPSA) is 95.3 Å². The molecule has 2 unspecified atom stereocenters. The molecule has 8 heteroatoms. The second kappa shape index (κ2) is 5.40. The highest BCUT2D eigenvalue weighted by Gasteiger charge is 2.10. The molecule has 2 aromatic heterocycles. The lowest BCUT2D eigenvalue weighted by molar-refractivity contribution is 0.536. The van der Waals surface area contributed by atoms with Crippen LogP contribution in [0.2, 0.25) is 0 Å². The number of hydrogen-bond acceptors (Lipinski definition) is 3. The molecule has 0 bridgehead atoms. The van der Waals surface area contributed by atoms with Gasteiger partial charge in [-0.1, -0.05) is 24.3 Å². The largest absolute Gasteiger partial charge is 0.294 e. The molecule has 0 radical (unpaired) electrons. The smallest absolute Gasteiger partial charge is 0.232 e. The van der Waals surface area contributed by atoms with E-state index < -0.39 is 11.3 Å². The van der Waals surface area contributed by atoms with Crippen LogP contribution in [0.5, 0.6) is 0 Å². The molecule has 3 aromatic rings. The maximum atomic E-state index is 10.7. The van der Waals surface area contributed by atoms with Crippen molar-refractivity contribution in [2.75, 3.05) is 0 Å². The summed E-state index contributed by atoms with van der Waals surface area (Å²) in [5.41, 5.74) is 3.59. The number of rotatable bonds is 4. The number of aryl methyl sites for hydroxylation is 1. The van der Waals surface area contributed by atoms with Crippen LogP contribution in [0.1, 0.15) is 24.2 Å². The molecule has 0 amide bonds. The highest BCUT2D eigenvalue weighted by molar-refractivity contribution is 7.77. The fraction of sp³-hybridized carbons (Fsp3) is 0.231. The summed E-state index contributed by atoms with van der Waals surface area (Å²) in [5.74, 6) is 0.638. The van der Waals surface area contributed by atoms with Crippen LogP contribution in [0.15, 0.2) is 30.3 Å². The van der Waals surface area contributed by atoms with Gasteiger partial charge >= 0.3 is 0 Å². The molecule has 0 spiro atoms. The molecule has 0 aliphatic carbocycles. The summed E-state index contributed by atoms with van der Waals surface area (Å²) in [5, 5.41) is 7.44. The monoisotopic (exact) mass is 305 g/mol. The first-order valence-corrected chi connectivity index (χ1v) is 7.53. The molecule has 0 aliphatic heterocycles. The minimum Gasteiger partial charge on any atom is -0.294 e. The van der Waals surface area contributed by atoms with E-state index in [1.165, 1.54) is 0 Å². The molecule has 3 rings (SSSR count). The van der Waals surface area contributed by atoms with Gasteiger partial charge in [0.25, 0.3) is 0 Å². The van der Waals surface area contributed by atoms with Gasteiger partial charge in [-0.3, -0.25) is 9.65 Å². The minimum atomic E-state index is -2.03. The Morgan fingerprint density at radius 1 is 1.38 bits per heavy atom. The quantitative estimate of drug-likeness (QED) is 0.641. The molecule has 0 saturated carbocycles. The van der Waals surface area contributed by atoms with Gasteiger partial charge in [0.2, 0.25) is 11.3 Å². The van der Waals surface area contributed by atoms with Gasteiger partial charge in [0.1, 0.15) is 0 Å². The molecule has 7 nitrogen and oxygen atoms in total. The molecule has 21 heavy (non-hydrogen) atoms. The van der Waals surface area contributed by atoms with E-state index in [2.05, 4.69) is 19.9 Å². The summed E-state index contributed by atoms with van der Waals surface area (Å²) < 4.78 is 23.7. The maximum Gasteiger partial charge on any atom is 0.232 e. The molecular weight excluding hydrogens is 290 g/mol. The SMILES string of the molecule is Cc1cc2nc(-c3ccc(C(C)NS(=O)O)cc3)nn2[nH]1. The van der Waals surface area contributed by atoms with Crippen LogP contribution in [0.25, 0.3) is 17.0 Å². The molecule has 2 atom stereocenters. The third-order valence-corrected chi connectivity index (χ3v) is 3.76. The highest BCUT2D eigenvalue weighted by Crippen LogP contribution is 2.20. The van der Waals surface area contributed by atoms with Gasteiger partial charge in [-0.2, -0.15) is 4.63 Å². The Balaban J connectivity index is 1.85. The maximum absolute atomic E-state index is 10.7. The number of hydrogen-bond donors (Lipinski definition) is 3. The fourth-order valence-electron chi connectivity index (χ4n) is 2.16. The van der Waals surface area contributed by atoms with Crippen molar-refractivity contribution in [1.29, 1.82) is 0 Å². The van der Waals surface area contributed by atoms with E-state index in [4.69, 9.17) is 4.55 Å². The predicted octanol–water partition coefficient (Wildman–Crippen LogP) is 1.82. The average molecular weight is 305 g/mol. The van der Waals surface area contributed by atoms with Crippen molar-refractivity contribution in [3.8, 4) is 11.4 Å². The average Bonchev–Trinajstić information content (AvgIpc) is 2.95. The van der Waals surface area contributed by atoms with Gasteiger partial charge in [0, 0.05) is 23.4 Å². The van der Waals surface area contributed by atoms with Crippen molar-refractivity contribution < 1.29 is 8.76 Å². The van der Waals surface area contributed by atoms with Crippen LogP contribution in [0.3, 0.4) is 0 Å². The summed E-state index contributed by atoms with van der Waals surface area (Å²) in [6.07, 6.45) is 0. The molecule has 0 aliphatic rings. The lowest BCUT2D eigenvalue weighted by Crippen LogP contribution is -2.20. The Hall–Kier alpha value is -2.03. The molecule has 0 saturated heterocycles. The predicted molar refractivity (Wildman–Crippen MR) is 79.8 cm³/mol. The highest BCUT2D eigenvalue weighted by atomic mass is 32.2. The number of nitrogens with one attached hydrogen (secondary N) is 2. The van der Waals surface area contributed by atoms with Crippen molar-refractivity contribution in [3.05, 3.63) is 41.6 Å². The van der Waals surface area contributed by atoms with Crippen LogP contribution >= 0.6 is 0 Å². The third-order valence-electron chi connectivity index (χ3n) is 3.21. The van der Waals surface area contributed by atoms with Crippen molar-refractivity contribution >= 4 is 16.9 Å². The van der Waals surface area contributed by atoms with Crippen LogP contribution in [-0.2, 0) is 11.3 Å². The Kier molecular flexibility index (Phi) is 3.58. The molecule has 3 N–H and O–H groups in total. The van der Waals surface area contributed by atoms with Crippen LogP contribution in [-0.4, -0.2) is 28.6 Å². The first kappa shape index (κ1) is 13.9. The first-order valence-electron chi connectivity index (χ1n) is 6.42. The minimum absolute atomic E-state index is 0.211. The van der Waals surface area contributed by atoms with E-state index in [1.807, 2.05) is 44.2 Å². The van der Waals surface area contributed by atoms with E-state index in [0.717, 1.165) is 22.5 Å². The van der Waals surface area contributed by atoms with Crippen LogP contribution in [0, 0.1) is 6.92 Å². The number of benzene rings is 1. The lowest BCUT2D eigenvalue weighted by Gasteiger charge is -2.10. The number of nitrogens with zero attached hydrogens (tertiary/aromatic N) is 3. The summed E-state index contributed by atoms with van der Waals surface area (Å²) in [7, 11) is 0. The zero-order valence-corrected chi connectivity index (χ0v) is 12.4. The molecule has 0 fully saturated rings. The summed E-state index contributed by atoms with van der Waals surface area (Å²) in [6, 6.07) is 9.29. The zero-order chi connectivity index (χ0) is 15.0. The van der Waals surface area contributed by atoms with E-state index in [0.29, 0.717) is 5.82 Å². The Morgan fingerprint density at radius 3 is 2.71 bits per heavy atom. The van der Waals surface area contributed by atoms with Gasteiger partial charge in [0.15, 0.2) is 11.5 Å². The van der Waals surface area contributed by atoms with E-state index >= 15 is 0 Å². The van der Waals surface area contributed by atoms with Crippen LogP contribution < -0.4 is 4.72 Å². The van der Waals surface area contributed by atoms with Gasteiger partial charge < -0.3 is 0 Å². The summed E-state index contributed by atoms with van der Waals surface area (Å²) in [4.78, 5) is 4.44. The van der Waals surface area contributed by atoms with Crippen molar-refractivity contribution in [2.45, 2.75) is 19.9 Å². The Labute approximate surface area is 123 Å². The third kappa shape index (κ3) is 2.87. The van der Waals surface area contributed by atoms with Gasteiger partial charge in [-0.25, -0.2) is 13.9 Å². The van der Waals surface area contributed by atoms with Crippen LogP contribution in [0.4, 0.5) is 0 Å². The number of fused-ring (bicyclic) bond motifs is 1. The van der Waals surface area contributed by atoms with E-state index in [1.54, 1.807) is 4.63 Å². The van der Waals surface area contributed by atoms with Crippen molar-refractivity contribution in [2.24, 2.45) is 0 Å². The van der Waals surface area contributed by atoms with Gasteiger partial charge in [-0.15, -0.1) is 5.10 Å². The second-order valence-corrected chi connectivity index (χ2v) is 5.59. The van der Waals surface area contributed by atoms with E-state index in [9.17, 15) is 4.21 Å². The standard InChI is InChI=1S/C13H15N5O2S/c1-8-7-12-14-13(16-18(12)15-8)11-5-3-10(4-6-11)9(2)17-21(19)20/h3-7,9,15,17H,1-2H3,(H,19,20).